The van der Waals surface area contributed by atoms with Crippen LogP contribution in [-0.4, -0.2) is 24.7 Å². The Labute approximate surface area is 122 Å². The van der Waals surface area contributed by atoms with Crippen LogP contribution in [-0.2, 0) is 4.74 Å². The quantitative estimate of drug-likeness (QED) is 0.788. The summed E-state index contributed by atoms with van der Waals surface area (Å²) in [6, 6.07) is 7.69. The minimum Gasteiger partial charge on any atom is -0.494 e. The van der Waals surface area contributed by atoms with E-state index in [4.69, 9.17) is 9.47 Å². The summed E-state index contributed by atoms with van der Waals surface area (Å²) < 4.78 is 10.4. The molecule has 0 atom stereocenters. The number of thiazole rings is 1. The van der Waals surface area contributed by atoms with Crippen LogP contribution < -0.4 is 4.74 Å². The predicted molar refractivity (Wildman–Crippen MR) is 79.4 cm³/mol. The lowest BCUT2D eigenvalue weighted by molar-refractivity contribution is 0.0595. The highest BCUT2D eigenvalue weighted by atomic mass is 32.1. The molecule has 0 bridgehead atoms. The average molecular weight is 291 g/mol. The molecule has 1 aromatic carbocycles. The van der Waals surface area contributed by atoms with E-state index in [0.29, 0.717) is 12.3 Å². The number of hydrogen-bond acceptors (Lipinski definition) is 5. The van der Waals surface area contributed by atoms with Crippen LogP contribution in [0.25, 0.3) is 10.4 Å². The molecule has 2 rings (SSSR count). The molecule has 0 amide bonds. The standard InChI is InChI=1S/C15H17NO3S/c1-4-8-19-12-7-5-6-11(9-12)14-13(15(17)18-3)16-10(2)20-14/h5-7,9H,4,8H2,1-3H3. The number of ether oxygens (including phenoxy) is 2. The summed E-state index contributed by atoms with van der Waals surface area (Å²) in [7, 11) is 1.36. The molecule has 0 spiro atoms. The molecular weight excluding hydrogens is 274 g/mol. The van der Waals surface area contributed by atoms with Gasteiger partial charge in [0.05, 0.1) is 23.6 Å². The van der Waals surface area contributed by atoms with Gasteiger partial charge in [-0.2, -0.15) is 0 Å². The number of rotatable bonds is 5. The largest absolute Gasteiger partial charge is 0.494 e. The van der Waals surface area contributed by atoms with Crippen LogP contribution in [0.3, 0.4) is 0 Å². The fourth-order valence-electron chi connectivity index (χ4n) is 1.80. The van der Waals surface area contributed by atoms with Gasteiger partial charge in [-0.25, -0.2) is 9.78 Å². The first-order chi connectivity index (χ1) is 9.65. The number of aromatic nitrogens is 1. The molecule has 0 unspecified atom stereocenters. The highest BCUT2D eigenvalue weighted by Gasteiger charge is 2.19. The number of carbonyl (C=O) groups is 1. The third-order valence-corrected chi connectivity index (χ3v) is 3.70. The van der Waals surface area contributed by atoms with E-state index in [1.54, 1.807) is 0 Å². The first-order valence-corrected chi connectivity index (χ1v) is 7.26. The Hall–Kier alpha value is -1.88. The number of carbonyl (C=O) groups excluding carboxylic acids is 1. The maximum Gasteiger partial charge on any atom is 0.358 e. The maximum atomic E-state index is 11.8. The van der Waals surface area contributed by atoms with Crippen LogP contribution in [0.2, 0.25) is 0 Å². The number of aryl methyl sites for hydroxylation is 1. The van der Waals surface area contributed by atoms with Gasteiger partial charge in [0.15, 0.2) is 5.69 Å². The average Bonchev–Trinajstić information content (AvgIpc) is 2.86. The van der Waals surface area contributed by atoms with E-state index < -0.39 is 5.97 Å². The Morgan fingerprint density at radius 2 is 2.20 bits per heavy atom. The highest BCUT2D eigenvalue weighted by molar-refractivity contribution is 7.15. The molecule has 1 aromatic heterocycles. The summed E-state index contributed by atoms with van der Waals surface area (Å²) in [6.45, 7) is 4.61. The topological polar surface area (TPSA) is 48.4 Å². The van der Waals surface area contributed by atoms with Crippen LogP contribution in [0.15, 0.2) is 24.3 Å². The Bertz CT molecular complexity index is 607. The lowest BCUT2D eigenvalue weighted by Gasteiger charge is -2.06. The second kappa shape index (κ2) is 6.52. The molecule has 5 heteroatoms. The summed E-state index contributed by atoms with van der Waals surface area (Å²) in [6.07, 6.45) is 0.956. The van der Waals surface area contributed by atoms with Gasteiger partial charge in [-0.05, 0) is 31.0 Å². The third kappa shape index (κ3) is 3.17. The zero-order valence-corrected chi connectivity index (χ0v) is 12.6. The van der Waals surface area contributed by atoms with Crippen LogP contribution >= 0.6 is 11.3 Å². The van der Waals surface area contributed by atoms with Gasteiger partial charge < -0.3 is 9.47 Å². The van der Waals surface area contributed by atoms with Crippen molar-refractivity contribution >= 4 is 17.3 Å². The molecule has 0 aliphatic heterocycles. The van der Waals surface area contributed by atoms with Crippen LogP contribution in [0, 0.1) is 6.92 Å². The zero-order valence-electron chi connectivity index (χ0n) is 11.8. The van der Waals surface area contributed by atoms with Gasteiger partial charge in [0.1, 0.15) is 5.75 Å². The van der Waals surface area contributed by atoms with E-state index in [-0.39, 0.29) is 0 Å². The van der Waals surface area contributed by atoms with Crippen molar-refractivity contribution in [2.45, 2.75) is 20.3 Å². The van der Waals surface area contributed by atoms with Crippen molar-refractivity contribution in [2.75, 3.05) is 13.7 Å². The first-order valence-electron chi connectivity index (χ1n) is 6.44. The van der Waals surface area contributed by atoms with Gasteiger partial charge in [0.2, 0.25) is 0 Å². The van der Waals surface area contributed by atoms with Gasteiger partial charge in [-0.1, -0.05) is 19.1 Å². The Kier molecular flexibility index (Phi) is 4.74. The molecule has 4 nitrogen and oxygen atoms in total. The van der Waals surface area contributed by atoms with Crippen molar-refractivity contribution in [1.82, 2.24) is 4.98 Å². The van der Waals surface area contributed by atoms with Crippen LogP contribution in [0.5, 0.6) is 5.75 Å². The molecule has 0 aliphatic rings. The first kappa shape index (κ1) is 14.5. The van der Waals surface area contributed by atoms with Gasteiger partial charge in [-0.15, -0.1) is 11.3 Å². The van der Waals surface area contributed by atoms with E-state index in [1.165, 1.54) is 18.4 Å². The molecule has 2 aromatic rings. The van der Waals surface area contributed by atoms with Crippen molar-refractivity contribution in [3.63, 3.8) is 0 Å². The third-order valence-electron chi connectivity index (χ3n) is 2.68. The van der Waals surface area contributed by atoms with Crippen molar-refractivity contribution in [1.29, 1.82) is 0 Å². The number of nitrogens with zero attached hydrogens (tertiary/aromatic N) is 1. The summed E-state index contributed by atoms with van der Waals surface area (Å²) in [5, 5.41) is 0.834. The Morgan fingerprint density at radius 3 is 2.90 bits per heavy atom. The lowest BCUT2D eigenvalue weighted by Crippen LogP contribution is -2.03. The predicted octanol–water partition coefficient (Wildman–Crippen LogP) is 3.69. The van der Waals surface area contributed by atoms with E-state index in [9.17, 15) is 4.79 Å². The van der Waals surface area contributed by atoms with Crippen LogP contribution in [0.1, 0.15) is 28.8 Å². The Balaban J connectivity index is 2.38. The minimum atomic E-state index is -0.413. The molecule has 0 N–H and O–H groups in total. The lowest BCUT2D eigenvalue weighted by atomic mass is 10.1. The van der Waals surface area contributed by atoms with Crippen molar-refractivity contribution in [3.05, 3.63) is 35.0 Å². The van der Waals surface area contributed by atoms with Crippen LogP contribution in [0.4, 0.5) is 0 Å². The molecule has 0 saturated heterocycles. The summed E-state index contributed by atoms with van der Waals surface area (Å²) in [5.74, 6) is 0.385. The van der Waals surface area contributed by atoms with E-state index >= 15 is 0 Å². The molecule has 20 heavy (non-hydrogen) atoms. The molecule has 0 saturated carbocycles. The number of methoxy groups -OCH3 is 1. The molecular formula is C15H17NO3S. The molecule has 1 heterocycles. The summed E-state index contributed by atoms with van der Waals surface area (Å²) in [4.78, 5) is 16.8. The van der Waals surface area contributed by atoms with Gasteiger partial charge in [0.25, 0.3) is 0 Å². The smallest absolute Gasteiger partial charge is 0.358 e. The van der Waals surface area contributed by atoms with Crippen molar-refractivity contribution < 1.29 is 14.3 Å². The molecule has 0 radical (unpaired) electrons. The van der Waals surface area contributed by atoms with Gasteiger partial charge >= 0.3 is 5.97 Å². The zero-order chi connectivity index (χ0) is 14.5. The minimum absolute atomic E-state index is 0.364. The van der Waals surface area contributed by atoms with E-state index in [2.05, 4.69) is 11.9 Å². The van der Waals surface area contributed by atoms with E-state index in [1.807, 2.05) is 31.2 Å². The normalized spacial score (nSPS) is 10.3. The SMILES string of the molecule is CCCOc1cccc(-c2sc(C)nc2C(=O)OC)c1. The second-order valence-electron chi connectivity index (χ2n) is 4.28. The number of benzene rings is 1. The van der Waals surface area contributed by atoms with E-state index in [0.717, 1.165) is 27.6 Å². The fourth-order valence-corrected chi connectivity index (χ4v) is 2.71. The second-order valence-corrected chi connectivity index (χ2v) is 5.48. The van der Waals surface area contributed by atoms with Crippen molar-refractivity contribution in [2.24, 2.45) is 0 Å². The number of hydrogen-bond donors (Lipinski definition) is 0. The molecule has 106 valence electrons. The monoisotopic (exact) mass is 291 g/mol. The van der Waals surface area contributed by atoms with Gasteiger partial charge in [0, 0.05) is 0 Å². The highest BCUT2D eigenvalue weighted by Crippen LogP contribution is 2.32. The van der Waals surface area contributed by atoms with Gasteiger partial charge in [-0.3, -0.25) is 0 Å². The Morgan fingerprint density at radius 1 is 1.40 bits per heavy atom. The summed E-state index contributed by atoms with van der Waals surface area (Å²) in [5.41, 5.74) is 1.28. The summed E-state index contributed by atoms with van der Waals surface area (Å²) >= 11 is 1.48. The maximum absolute atomic E-state index is 11.8. The molecule has 0 fully saturated rings. The fraction of sp³-hybridized carbons (Fsp3) is 0.333. The van der Waals surface area contributed by atoms with Crippen molar-refractivity contribution in [3.8, 4) is 16.2 Å². The molecule has 0 aliphatic carbocycles. The number of esters is 1.